The lowest BCUT2D eigenvalue weighted by molar-refractivity contribution is -0.116. The molecule has 0 aromatic heterocycles. The fraction of sp³-hybridized carbons (Fsp3) is 0.240. The first-order valence-corrected chi connectivity index (χ1v) is 12.6. The molecule has 168 valence electrons. The number of benzene rings is 3. The van der Waals surface area contributed by atoms with Crippen molar-refractivity contribution in [3.63, 3.8) is 0 Å². The van der Waals surface area contributed by atoms with Gasteiger partial charge in [-0.3, -0.25) is 9.52 Å². The SMILES string of the molecule is CC(C)(C)c1ccc(CCC(=O)Nc2ccc(S(=O)(=O)Nc3ccc(Br)cc3)cc2)cc1. The molecular formula is C25H27BrN2O3S. The van der Waals surface area contributed by atoms with E-state index in [9.17, 15) is 13.2 Å². The number of halogens is 1. The van der Waals surface area contributed by atoms with Crippen molar-refractivity contribution >= 4 is 43.2 Å². The molecule has 0 spiro atoms. The van der Waals surface area contributed by atoms with E-state index in [1.54, 1.807) is 36.4 Å². The molecule has 0 saturated carbocycles. The summed E-state index contributed by atoms with van der Waals surface area (Å²) < 4.78 is 28.5. The van der Waals surface area contributed by atoms with Gasteiger partial charge in [-0.05, 0) is 71.5 Å². The average Bonchev–Trinajstić information content (AvgIpc) is 2.74. The largest absolute Gasteiger partial charge is 0.326 e. The van der Waals surface area contributed by atoms with E-state index in [-0.39, 0.29) is 16.2 Å². The third-order valence-corrected chi connectivity index (χ3v) is 6.93. The fourth-order valence-electron chi connectivity index (χ4n) is 3.10. The van der Waals surface area contributed by atoms with Gasteiger partial charge in [-0.2, -0.15) is 0 Å². The Hall–Kier alpha value is -2.64. The van der Waals surface area contributed by atoms with E-state index in [2.05, 4.69) is 71.0 Å². The zero-order chi connectivity index (χ0) is 23.4. The molecule has 1 amide bonds. The summed E-state index contributed by atoms with van der Waals surface area (Å²) in [6.45, 7) is 6.51. The highest BCUT2D eigenvalue weighted by Gasteiger charge is 2.15. The molecule has 32 heavy (non-hydrogen) atoms. The van der Waals surface area contributed by atoms with Crippen LogP contribution in [0.3, 0.4) is 0 Å². The van der Waals surface area contributed by atoms with Crippen molar-refractivity contribution in [2.24, 2.45) is 0 Å². The highest BCUT2D eigenvalue weighted by molar-refractivity contribution is 9.10. The van der Waals surface area contributed by atoms with Gasteiger partial charge in [0.2, 0.25) is 5.91 Å². The molecule has 2 N–H and O–H groups in total. The Bertz CT molecular complexity index is 1170. The number of amides is 1. The quantitative estimate of drug-likeness (QED) is 0.398. The zero-order valence-electron chi connectivity index (χ0n) is 18.4. The maximum absolute atomic E-state index is 12.6. The smallest absolute Gasteiger partial charge is 0.261 e. The summed E-state index contributed by atoms with van der Waals surface area (Å²) in [4.78, 5) is 12.4. The van der Waals surface area contributed by atoms with E-state index < -0.39 is 10.0 Å². The zero-order valence-corrected chi connectivity index (χ0v) is 20.8. The van der Waals surface area contributed by atoms with Crippen molar-refractivity contribution in [3.05, 3.63) is 88.4 Å². The Morgan fingerprint density at radius 3 is 1.97 bits per heavy atom. The second-order valence-corrected chi connectivity index (χ2v) is 11.2. The summed E-state index contributed by atoms with van der Waals surface area (Å²) >= 11 is 3.32. The van der Waals surface area contributed by atoms with E-state index in [0.717, 1.165) is 10.0 Å². The maximum Gasteiger partial charge on any atom is 0.261 e. The minimum Gasteiger partial charge on any atom is -0.326 e. The van der Waals surface area contributed by atoms with Crippen molar-refractivity contribution in [3.8, 4) is 0 Å². The van der Waals surface area contributed by atoms with Crippen LogP contribution in [0.1, 0.15) is 38.3 Å². The van der Waals surface area contributed by atoms with Crippen LogP contribution in [0.25, 0.3) is 0 Å². The second kappa shape index (κ2) is 9.88. The third-order valence-electron chi connectivity index (χ3n) is 5.01. The monoisotopic (exact) mass is 514 g/mol. The number of hydrogen-bond donors (Lipinski definition) is 2. The minimum atomic E-state index is -3.71. The Morgan fingerprint density at radius 2 is 1.41 bits per heavy atom. The standard InChI is InChI=1S/C25H27BrN2O3S/c1-25(2,3)19-7-4-18(5-8-19)6-17-24(29)27-21-13-15-23(16-14-21)32(30,31)28-22-11-9-20(26)10-12-22/h4-5,7-16,28H,6,17H2,1-3H3,(H,27,29). The van der Waals surface area contributed by atoms with Crippen LogP contribution in [-0.2, 0) is 26.7 Å². The first-order chi connectivity index (χ1) is 15.0. The van der Waals surface area contributed by atoms with Crippen molar-refractivity contribution in [2.45, 2.75) is 43.9 Å². The topological polar surface area (TPSA) is 75.3 Å². The van der Waals surface area contributed by atoms with E-state index in [0.29, 0.717) is 24.2 Å². The number of carbonyl (C=O) groups excluding carboxylic acids is 1. The molecule has 0 fully saturated rings. The fourth-order valence-corrected chi connectivity index (χ4v) is 4.43. The average molecular weight is 515 g/mol. The number of anilines is 2. The van der Waals surface area contributed by atoms with Gasteiger partial charge in [0.1, 0.15) is 0 Å². The molecular weight excluding hydrogens is 488 g/mol. The van der Waals surface area contributed by atoms with Crippen molar-refractivity contribution in [1.29, 1.82) is 0 Å². The molecule has 0 unspecified atom stereocenters. The van der Waals surface area contributed by atoms with Crippen molar-refractivity contribution < 1.29 is 13.2 Å². The van der Waals surface area contributed by atoms with Crippen LogP contribution >= 0.6 is 15.9 Å². The van der Waals surface area contributed by atoms with Gasteiger partial charge in [-0.25, -0.2) is 8.42 Å². The van der Waals surface area contributed by atoms with Crippen LogP contribution in [0.15, 0.2) is 82.2 Å². The van der Waals surface area contributed by atoms with Gasteiger partial charge in [-0.15, -0.1) is 0 Å². The van der Waals surface area contributed by atoms with Crippen molar-refractivity contribution in [1.82, 2.24) is 0 Å². The molecule has 3 rings (SSSR count). The summed E-state index contributed by atoms with van der Waals surface area (Å²) in [6.07, 6.45) is 0.986. The molecule has 5 nitrogen and oxygen atoms in total. The van der Waals surface area contributed by atoms with E-state index in [1.165, 1.54) is 17.7 Å². The molecule has 0 aliphatic rings. The number of rotatable bonds is 7. The first-order valence-electron chi connectivity index (χ1n) is 10.3. The molecule has 0 aliphatic heterocycles. The molecule has 0 radical (unpaired) electrons. The van der Waals surface area contributed by atoms with Crippen LogP contribution in [0.2, 0.25) is 0 Å². The number of carbonyl (C=O) groups is 1. The Kier molecular flexibility index (Phi) is 7.41. The summed E-state index contributed by atoms with van der Waals surface area (Å²) in [7, 11) is -3.71. The van der Waals surface area contributed by atoms with Crippen molar-refractivity contribution in [2.75, 3.05) is 10.0 Å². The van der Waals surface area contributed by atoms with E-state index in [4.69, 9.17) is 0 Å². The lowest BCUT2D eigenvalue weighted by Gasteiger charge is -2.19. The van der Waals surface area contributed by atoms with Gasteiger partial charge in [0, 0.05) is 22.3 Å². The first kappa shape index (κ1) is 24.0. The predicted octanol–water partition coefficient (Wildman–Crippen LogP) is 6.12. The molecule has 0 aliphatic carbocycles. The maximum atomic E-state index is 12.6. The number of nitrogens with one attached hydrogen (secondary N) is 2. The second-order valence-electron chi connectivity index (χ2n) is 8.63. The van der Waals surface area contributed by atoms with Crippen LogP contribution in [0, 0.1) is 0 Å². The van der Waals surface area contributed by atoms with Crippen LogP contribution in [0.5, 0.6) is 0 Å². The Balaban J connectivity index is 1.55. The molecule has 7 heteroatoms. The van der Waals surface area contributed by atoms with Gasteiger partial charge < -0.3 is 5.32 Å². The molecule has 0 atom stereocenters. The Labute approximate surface area is 198 Å². The highest BCUT2D eigenvalue weighted by atomic mass is 79.9. The van der Waals surface area contributed by atoms with Crippen LogP contribution in [-0.4, -0.2) is 14.3 Å². The van der Waals surface area contributed by atoms with Gasteiger partial charge in [-0.1, -0.05) is 61.0 Å². The van der Waals surface area contributed by atoms with Gasteiger partial charge in [0.05, 0.1) is 4.90 Å². The predicted molar refractivity (Wildman–Crippen MR) is 133 cm³/mol. The number of sulfonamides is 1. The lowest BCUT2D eigenvalue weighted by Crippen LogP contribution is -2.14. The minimum absolute atomic E-state index is 0.101. The van der Waals surface area contributed by atoms with Gasteiger partial charge >= 0.3 is 0 Å². The van der Waals surface area contributed by atoms with E-state index in [1.807, 2.05) is 0 Å². The Morgan fingerprint density at radius 1 is 0.844 bits per heavy atom. The number of hydrogen-bond acceptors (Lipinski definition) is 3. The molecule has 3 aromatic carbocycles. The lowest BCUT2D eigenvalue weighted by atomic mass is 9.86. The third kappa shape index (κ3) is 6.68. The summed E-state index contributed by atoms with van der Waals surface area (Å²) in [5.41, 5.74) is 3.49. The normalized spacial score (nSPS) is 11.8. The van der Waals surface area contributed by atoms with Crippen LogP contribution in [0.4, 0.5) is 11.4 Å². The highest BCUT2D eigenvalue weighted by Crippen LogP contribution is 2.23. The van der Waals surface area contributed by atoms with Gasteiger partial charge in [0.15, 0.2) is 0 Å². The van der Waals surface area contributed by atoms with Crippen LogP contribution < -0.4 is 10.0 Å². The number of aryl methyl sites for hydroxylation is 1. The summed E-state index contributed by atoms with van der Waals surface area (Å²) in [5, 5.41) is 2.82. The molecule has 0 heterocycles. The summed E-state index contributed by atoms with van der Waals surface area (Å²) in [6, 6.07) is 21.3. The molecule has 0 bridgehead atoms. The molecule has 0 saturated heterocycles. The molecule has 3 aromatic rings. The van der Waals surface area contributed by atoms with E-state index >= 15 is 0 Å². The summed E-state index contributed by atoms with van der Waals surface area (Å²) in [5.74, 6) is -0.117. The van der Waals surface area contributed by atoms with Gasteiger partial charge in [0.25, 0.3) is 10.0 Å².